The van der Waals surface area contributed by atoms with E-state index >= 15 is 0 Å². The normalized spacial score (nSPS) is 25.4. The first-order valence-electron chi connectivity index (χ1n) is 5.20. The Morgan fingerprint density at radius 2 is 2.28 bits per heavy atom. The Labute approximate surface area is 109 Å². The summed E-state index contributed by atoms with van der Waals surface area (Å²) in [5.41, 5.74) is 0. The average Bonchev–Trinajstić information content (AvgIpc) is 2.84. The highest BCUT2D eigenvalue weighted by molar-refractivity contribution is 8.01. The minimum atomic E-state index is -3.86. The van der Waals surface area contributed by atoms with Gasteiger partial charge in [-0.25, -0.2) is 13.4 Å². The molecule has 100 valence electrons. The van der Waals surface area contributed by atoms with Gasteiger partial charge in [-0.3, -0.25) is 4.79 Å². The lowest BCUT2D eigenvalue weighted by atomic mass is 10.3. The topological polar surface area (TPSA) is 92.5 Å². The molecule has 0 aliphatic carbocycles. The van der Waals surface area contributed by atoms with Gasteiger partial charge in [0.25, 0.3) is 10.0 Å². The van der Waals surface area contributed by atoms with Crippen molar-refractivity contribution in [2.24, 2.45) is 7.05 Å². The molecule has 2 heterocycles. The van der Waals surface area contributed by atoms with Crippen LogP contribution in [0, 0.1) is 0 Å². The van der Waals surface area contributed by atoms with Crippen molar-refractivity contribution < 1.29 is 18.3 Å². The van der Waals surface area contributed by atoms with Crippen LogP contribution < -0.4 is 0 Å². The second-order valence-electron chi connectivity index (χ2n) is 4.00. The minimum Gasteiger partial charge on any atom is -0.480 e. The van der Waals surface area contributed by atoms with Gasteiger partial charge in [0.05, 0.1) is 11.7 Å². The fourth-order valence-corrected chi connectivity index (χ4v) is 5.06. The standard InChI is InChI=1S/C9H13N3O4S2/c1-6-12(7(4-17-6)9(13)14)18(15,16)8-3-11(2)5-10-8/h3,5-7H,4H2,1-2H3,(H,13,14). The summed E-state index contributed by atoms with van der Waals surface area (Å²) in [4.78, 5) is 14.9. The van der Waals surface area contributed by atoms with Crippen LogP contribution in [0.2, 0.25) is 0 Å². The molecule has 1 aromatic rings. The fourth-order valence-electron chi connectivity index (χ4n) is 1.80. The lowest BCUT2D eigenvalue weighted by Gasteiger charge is -2.22. The largest absolute Gasteiger partial charge is 0.480 e. The SMILES string of the molecule is CC1SCC(C(=O)O)N1S(=O)(=O)c1cn(C)cn1. The molecular formula is C9H13N3O4S2. The molecule has 2 atom stereocenters. The first-order chi connectivity index (χ1) is 8.34. The van der Waals surface area contributed by atoms with E-state index in [0.717, 1.165) is 4.31 Å². The second kappa shape index (κ2) is 4.56. The van der Waals surface area contributed by atoms with Gasteiger partial charge in [-0.15, -0.1) is 11.8 Å². The molecule has 1 saturated heterocycles. The first kappa shape index (κ1) is 13.4. The van der Waals surface area contributed by atoms with Crippen molar-refractivity contribution in [3.05, 3.63) is 12.5 Å². The Hall–Kier alpha value is -1.06. The van der Waals surface area contributed by atoms with Crippen LogP contribution in [0.15, 0.2) is 17.6 Å². The van der Waals surface area contributed by atoms with Crippen LogP contribution in [0.1, 0.15) is 6.92 Å². The van der Waals surface area contributed by atoms with E-state index < -0.39 is 27.4 Å². The Kier molecular flexibility index (Phi) is 3.39. The highest BCUT2D eigenvalue weighted by Gasteiger charge is 2.45. The zero-order valence-electron chi connectivity index (χ0n) is 9.85. The van der Waals surface area contributed by atoms with E-state index in [0.29, 0.717) is 0 Å². The van der Waals surface area contributed by atoms with E-state index in [9.17, 15) is 13.2 Å². The third kappa shape index (κ3) is 2.13. The molecule has 2 rings (SSSR count). The Morgan fingerprint density at radius 1 is 1.61 bits per heavy atom. The number of hydrogen-bond acceptors (Lipinski definition) is 5. The molecule has 1 N–H and O–H groups in total. The van der Waals surface area contributed by atoms with E-state index in [2.05, 4.69) is 4.98 Å². The van der Waals surface area contributed by atoms with Crippen LogP contribution in [0.3, 0.4) is 0 Å². The maximum absolute atomic E-state index is 12.3. The number of aliphatic carboxylic acids is 1. The van der Waals surface area contributed by atoms with E-state index in [1.807, 2.05) is 0 Å². The summed E-state index contributed by atoms with van der Waals surface area (Å²) >= 11 is 1.30. The number of nitrogens with zero attached hydrogens (tertiary/aromatic N) is 3. The van der Waals surface area contributed by atoms with E-state index in [-0.39, 0.29) is 10.8 Å². The lowest BCUT2D eigenvalue weighted by Crippen LogP contribution is -2.44. The van der Waals surface area contributed by atoms with Crippen molar-refractivity contribution in [1.29, 1.82) is 0 Å². The molecule has 2 unspecified atom stereocenters. The van der Waals surface area contributed by atoms with Crippen molar-refractivity contribution in [3.8, 4) is 0 Å². The predicted molar refractivity (Wildman–Crippen MR) is 65.6 cm³/mol. The summed E-state index contributed by atoms with van der Waals surface area (Å²) in [6.07, 6.45) is 2.74. The number of sulfonamides is 1. The summed E-state index contributed by atoms with van der Waals surface area (Å²) in [6.45, 7) is 1.67. The van der Waals surface area contributed by atoms with Gasteiger partial charge >= 0.3 is 5.97 Å². The van der Waals surface area contributed by atoms with Gasteiger partial charge < -0.3 is 9.67 Å². The van der Waals surface area contributed by atoms with Gasteiger partial charge in [0.1, 0.15) is 6.04 Å². The van der Waals surface area contributed by atoms with Crippen molar-refractivity contribution in [1.82, 2.24) is 13.9 Å². The molecule has 0 radical (unpaired) electrons. The summed E-state index contributed by atoms with van der Waals surface area (Å²) in [5.74, 6) is -0.880. The molecule has 9 heteroatoms. The van der Waals surface area contributed by atoms with Gasteiger partial charge in [-0.2, -0.15) is 4.31 Å². The third-order valence-corrected chi connectivity index (χ3v) is 5.89. The van der Waals surface area contributed by atoms with Gasteiger partial charge in [-0.1, -0.05) is 0 Å². The molecule has 18 heavy (non-hydrogen) atoms. The van der Waals surface area contributed by atoms with Gasteiger partial charge in [0.2, 0.25) is 0 Å². The number of carboxylic acid groups (broad SMARTS) is 1. The Bertz CT molecular complexity index is 568. The summed E-state index contributed by atoms with van der Waals surface area (Å²) in [5, 5.41) is 8.55. The average molecular weight is 291 g/mol. The third-order valence-electron chi connectivity index (χ3n) is 2.67. The molecular weight excluding hydrogens is 278 g/mol. The highest BCUT2D eigenvalue weighted by Crippen LogP contribution is 2.33. The summed E-state index contributed by atoms with van der Waals surface area (Å²) in [7, 11) is -2.21. The smallest absolute Gasteiger partial charge is 0.322 e. The predicted octanol–water partition coefficient (Wildman–Crippen LogP) is -0.0432. The van der Waals surface area contributed by atoms with Crippen molar-refractivity contribution >= 4 is 27.8 Å². The number of aromatic nitrogens is 2. The Balaban J connectivity index is 2.42. The van der Waals surface area contributed by atoms with Crippen molar-refractivity contribution in [3.63, 3.8) is 0 Å². The fraction of sp³-hybridized carbons (Fsp3) is 0.556. The van der Waals surface area contributed by atoms with Gasteiger partial charge in [-0.05, 0) is 6.92 Å². The quantitative estimate of drug-likeness (QED) is 0.840. The molecule has 1 aliphatic heterocycles. The van der Waals surface area contributed by atoms with Gasteiger partial charge in [0.15, 0.2) is 5.03 Å². The van der Waals surface area contributed by atoms with Crippen LogP contribution in [0.25, 0.3) is 0 Å². The van der Waals surface area contributed by atoms with E-state index in [1.165, 1.54) is 28.9 Å². The molecule has 0 aromatic carbocycles. The second-order valence-corrected chi connectivity index (χ2v) is 7.14. The lowest BCUT2D eigenvalue weighted by molar-refractivity contribution is -0.140. The number of hydrogen-bond donors (Lipinski definition) is 1. The molecule has 0 spiro atoms. The molecule has 7 nitrogen and oxygen atoms in total. The summed E-state index contributed by atoms with van der Waals surface area (Å²) < 4.78 is 27.2. The molecule has 1 aromatic heterocycles. The summed E-state index contributed by atoms with van der Waals surface area (Å²) in [6, 6.07) is -1.03. The molecule has 1 aliphatic rings. The zero-order chi connectivity index (χ0) is 13.5. The van der Waals surface area contributed by atoms with Gasteiger partial charge in [0, 0.05) is 19.0 Å². The number of aryl methyl sites for hydroxylation is 1. The van der Waals surface area contributed by atoms with Crippen molar-refractivity contribution in [2.45, 2.75) is 23.4 Å². The van der Waals surface area contributed by atoms with Crippen molar-refractivity contribution in [2.75, 3.05) is 5.75 Å². The monoisotopic (exact) mass is 291 g/mol. The minimum absolute atomic E-state index is 0.120. The first-order valence-corrected chi connectivity index (χ1v) is 7.69. The van der Waals surface area contributed by atoms with E-state index in [4.69, 9.17) is 5.11 Å². The number of carboxylic acids is 1. The van der Waals surface area contributed by atoms with Crippen LogP contribution in [0.4, 0.5) is 0 Å². The van der Waals surface area contributed by atoms with E-state index in [1.54, 1.807) is 14.0 Å². The Morgan fingerprint density at radius 3 is 2.78 bits per heavy atom. The molecule has 0 amide bonds. The number of carbonyl (C=O) groups is 1. The number of imidazole rings is 1. The maximum Gasteiger partial charge on any atom is 0.322 e. The maximum atomic E-state index is 12.3. The molecule has 0 bridgehead atoms. The molecule has 0 saturated carbocycles. The number of rotatable bonds is 3. The van der Waals surface area contributed by atoms with Crippen LogP contribution in [-0.4, -0.2) is 50.5 Å². The molecule has 1 fully saturated rings. The highest BCUT2D eigenvalue weighted by atomic mass is 32.2. The van der Waals surface area contributed by atoms with Crippen LogP contribution >= 0.6 is 11.8 Å². The van der Waals surface area contributed by atoms with Crippen LogP contribution in [0.5, 0.6) is 0 Å². The zero-order valence-corrected chi connectivity index (χ0v) is 11.5. The van der Waals surface area contributed by atoms with Crippen LogP contribution in [-0.2, 0) is 21.9 Å². The number of thioether (sulfide) groups is 1.